The molecular formula is C40H54FN3O8SSi. The number of aromatic nitrogens is 2. The fourth-order valence-corrected chi connectivity index (χ4v) is 7.82. The number of carbonyl (C=O) groups is 1. The number of ketones is 1. The summed E-state index contributed by atoms with van der Waals surface area (Å²) in [6.45, 7) is 16.7. The summed E-state index contributed by atoms with van der Waals surface area (Å²) in [5.74, 6) is 0.540. The van der Waals surface area contributed by atoms with E-state index in [4.69, 9.17) is 29.0 Å². The van der Waals surface area contributed by atoms with E-state index in [-0.39, 0.29) is 50.9 Å². The predicted molar refractivity (Wildman–Crippen MR) is 212 cm³/mol. The second-order valence-corrected chi connectivity index (χ2v) is 24.1. The van der Waals surface area contributed by atoms with Crippen molar-refractivity contribution in [1.82, 2.24) is 14.3 Å². The fourth-order valence-electron chi connectivity index (χ4n) is 6.18. The first-order valence-corrected chi connectivity index (χ1v) is 23.0. The van der Waals surface area contributed by atoms with Gasteiger partial charge in [-0.2, -0.15) is 0 Å². The number of ether oxygens (including phenoxy) is 4. The molecule has 11 nitrogen and oxygen atoms in total. The summed E-state index contributed by atoms with van der Waals surface area (Å²) in [4.78, 5) is 18.5. The Morgan fingerprint density at radius 3 is 2.54 bits per heavy atom. The Labute approximate surface area is 320 Å². The second kappa shape index (κ2) is 16.2. The number of aliphatic hydroxyl groups is 2. The van der Waals surface area contributed by atoms with E-state index in [1.807, 2.05) is 33.8 Å². The molecule has 0 fully saturated rings. The number of pyridine rings is 1. The topological polar surface area (TPSA) is 141 Å². The molecule has 3 heterocycles. The number of nitrogens with zero attached hydrogens (tertiary/aromatic N) is 2. The van der Waals surface area contributed by atoms with Gasteiger partial charge in [-0.3, -0.25) is 4.79 Å². The molecule has 0 amide bonds. The molecule has 2 aromatic heterocycles. The molecule has 294 valence electrons. The molecule has 0 saturated heterocycles. The molecule has 54 heavy (non-hydrogen) atoms. The number of hydrogen-bond donors (Lipinski definition) is 3. The summed E-state index contributed by atoms with van der Waals surface area (Å²) in [6, 6.07) is 12.4. The lowest BCUT2D eigenvalue weighted by atomic mass is 9.88. The van der Waals surface area contributed by atoms with Crippen LogP contribution >= 0.6 is 0 Å². The van der Waals surface area contributed by atoms with Gasteiger partial charge in [0, 0.05) is 49.4 Å². The molecule has 0 bridgehead atoms. The number of para-hydroxylation sites is 1. The van der Waals surface area contributed by atoms with Crippen molar-refractivity contribution in [2.45, 2.75) is 95.8 Å². The Bertz CT molecular complexity index is 2020. The molecule has 3 atom stereocenters. The van der Waals surface area contributed by atoms with E-state index in [2.05, 4.69) is 24.4 Å². The second-order valence-electron chi connectivity index (χ2n) is 16.5. The van der Waals surface area contributed by atoms with Crippen LogP contribution in [0.1, 0.15) is 69.1 Å². The Morgan fingerprint density at radius 1 is 1.13 bits per heavy atom. The van der Waals surface area contributed by atoms with Crippen LogP contribution in [0.5, 0.6) is 17.2 Å². The predicted octanol–water partition coefficient (Wildman–Crippen LogP) is 7.06. The maximum absolute atomic E-state index is 15.6. The number of benzene rings is 2. The largest absolute Gasteiger partial charge is 0.493 e. The smallest absolute Gasteiger partial charge is 0.163 e. The van der Waals surface area contributed by atoms with Crippen molar-refractivity contribution < 1.29 is 42.6 Å². The Kier molecular flexibility index (Phi) is 12.5. The number of hydrogen-bond acceptors (Lipinski definition) is 9. The summed E-state index contributed by atoms with van der Waals surface area (Å²) in [5.41, 5.74) is 0.0705. The Balaban J connectivity index is 1.56. The van der Waals surface area contributed by atoms with Crippen LogP contribution in [0.4, 0.5) is 4.39 Å². The van der Waals surface area contributed by atoms with Gasteiger partial charge in [-0.1, -0.05) is 31.8 Å². The summed E-state index contributed by atoms with van der Waals surface area (Å²) < 4.78 is 56.8. The van der Waals surface area contributed by atoms with Crippen molar-refractivity contribution in [3.63, 3.8) is 0 Å². The number of Topliss-reactive ketones (excluding diaryl/α,β-unsaturated/α-hetero) is 1. The van der Waals surface area contributed by atoms with Crippen LogP contribution in [0, 0.1) is 5.82 Å². The zero-order chi connectivity index (χ0) is 39.6. The number of methoxy groups -OCH3 is 1. The van der Waals surface area contributed by atoms with Crippen LogP contribution in [0.2, 0.25) is 25.7 Å². The summed E-state index contributed by atoms with van der Waals surface area (Å²) in [7, 11) is -1.36. The number of halogens is 1. The molecule has 0 saturated carbocycles. The van der Waals surface area contributed by atoms with Crippen LogP contribution in [0.15, 0.2) is 48.7 Å². The van der Waals surface area contributed by atoms with Crippen molar-refractivity contribution in [1.29, 1.82) is 0 Å². The van der Waals surface area contributed by atoms with Crippen LogP contribution in [-0.2, 0) is 33.6 Å². The standard InChI is InChI=1S/C40H54FN3O8SSi/c1-38(2,3)53(48)43-39(4)24-52-37-29(39)22-34(40(5,47)16-15-31(46)26-13-14-32(51-18-17-45)33(21-26)49-6)42-35(37)28-23-44(25-50-19-20-54(7,8)9)36-27(28)11-10-12-30(36)41/h10-14,21-23,43,45,47H,15-20,24-25H2,1-9H3. The van der Waals surface area contributed by atoms with Crippen LogP contribution in [-0.4, -0.2) is 76.1 Å². The minimum absolute atomic E-state index is 0.0162. The Hall–Kier alpha value is -3.66. The van der Waals surface area contributed by atoms with E-state index in [0.29, 0.717) is 57.1 Å². The number of fused-ring (bicyclic) bond motifs is 2. The number of nitrogens with one attached hydrogen (secondary N) is 1. The van der Waals surface area contributed by atoms with Gasteiger partial charge in [-0.25, -0.2) is 18.3 Å². The number of carbonyl (C=O) groups excluding carboxylic acids is 1. The van der Waals surface area contributed by atoms with Crippen LogP contribution < -0.4 is 18.9 Å². The molecule has 4 aromatic rings. The average molecular weight is 784 g/mol. The molecule has 2 aromatic carbocycles. The van der Waals surface area contributed by atoms with Gasteiger partial charge in [0.25, 0.3) is 0 Å². The molecular weight excluding hydrogens is 730 g/mol. The third-order valence-corrected chi connectivity index (χ3v) is 13.0. The molecule has 1 aliphatic rings. The lowest BCUT2D eigenvalue weighted by Crippen LogP contribution is -2.47. The molecule has 5 rings (SSSR count). The van der Waals surface area contributed by atoms with Crippen LogP contribution in [0.3, 0.4) is 0 Å². The number of rotatable bonds is 17. The highest BCUT2D eigenvalue weighted by Crippen LogP contribution is 2.47. The average Bonchev–Trinajstić information content (AvgIpc) is 3.65. The van der Waals surface area contributed by atoms with Gasteiger partial charge >= 0.3 is 0 Å². The summed E-state index contributed by atoms with van der Waals surface area (Å²) in [6.07, 6.45) is 1.79. The van der Waals surface area contributed by atoms with Crippen molar-refractivity contribution in [3.8, 4) is 28.5 Å². The van der Waals surface area contributed by atoms with Gasteiger partial charge in [0.05, 0.1) is 46.2 Å². The third kappa shape index (κ3) is 9.23. The van der Waals surface area contributed by atoms with E-state index in [9.17, 15) is 14.1 Å². The lowest BCUT2D eigenvalue weighted by molar-refractivity contribution is 0.0396. The first kappa shape index (κ1) is 41.5. The minimum atomic E-state index is -1.61. The summed E-state index contributed by atoms with van der Waals surface area (Å²) >= 11 is 0. The van der Waals surface area contributed by atoms with E-state index in [1.54, 1.807) is 48.0 Å². The first-order chi connectivity index (χ1) is 25.3. The van der Waals surface area contributed by atoms with Gasteiger partial charge in [-0.05, 0) is 77.4 Å². The van der Waals surface area contributed by atoms with Gasteiger partial charge in [0.2, 0.25) is 0 Å². The SMILES string of the molecule is COc1cc(C(=O)CCC(C)(O)c2cc3c(c(-c4cn(COCC[Si](C)(C)C)c5c(F)cccc45)n2)OCC3(C)NS(=O)C(C)(C)C)ccc1OCCO. The molecule has 0 spiro atoms. The Morgan fingerprint density at radius 2 is 1.87 bits per heavy atom. The molecule has 14 heteroatoms. The maximum atomic E-state index is 15.6. The van der Waals surface area contributed by atoms with Crippen molar-refractivity contribution in [2.75, 3.05) is 33.5 Å². The van der Waals surface area contributed by atoms with Gasteiger partial charge in [0.1, 0.15) is 37.1 Å². The molecule has 0 aliphatic carbocycles. The highest BCUT2D eigenvalue weighted by atomic mass is 32.2. The minimum Gasteiger partial charge on any atom is -0.493 e. The molecule has 3 unspecified atom stereocenters. The van der Waals surface area contributed by atoms with Gasteiger partial charge in [0.15, 0.2) is 23.0 Å². The normalized spacial score (nSPS) is 17.6. The van der Waals surface area contributed by atoms with Gasteiger partial charge < -0.3 is 33.7 Å². The van der Waals surface area contributed by atoms with Crippen molar-refractivity contribution in [3.05, 3.63) is 71.3 Å². The summed E-state index contributed by atoms with van der Waals surface area (Å²) in [5, 5.41) is 21.8. The highest BCUT2D eigenvalue weighted by Gasteiger charge is 2.43. The van der Waals surface area contributed by atoms with E-state index in [1.165, 1.54) is 13.2 Å². The van der Waals surface area contributed by atoms with Crippen molar-refractivity contribution in [2.24, 2.45) is 0 Å². The zero-order valence-electron chi connectivity index (χ0n) is 32.8. The zero-order valence-corrected chi connectivity index (χ0v) is 34.6. The highest BCUT2D eigenvalue weighted by molar-refractivity contribution is 7.84. The molecule has 0 radical (unpaired) electrons. The maximum Gasteiger partial charge on any atom is 0.163 e. The number of aliphatic hydroxyl groups excluding tert-OH is 1. The lowest BCUT2D eigenvalue weighted by Gasteiger charge is -2.30. The monoisotopic (exact) mass is 783 g/mol. The molecule has 1 aliphatic heterocycles. The fraction of sp³-hybridized carbons (Fsp3) is 0.500. The molecule has 3 N–H and O–H groups in total. The van der Waals surface area contributed by atoms with Gasteiger partial charge in [-0.15, -0.1) is 0 Å². The van der Waals surface area contributed by atoms with Crippen LogP contribution in [0.25, 0.3) is 22.2 Å². The first-order valence-electron chi connectivity index (χ1n) is 18.2. The van der Waals surface area contributed by atoms with E-state index < -0.39 is 40.8 Å². The van der Waals surface area contributed by atoms with Crippen molar-refractivity contribution >= 4 is 35.7 Å². The quantitative estimate of drug-likeness (QED) is 0.0583. The van der Waals surface area contributed by atoms with E-state index >= 15 is 4.39 Å². The van der Waals surface area contributed by atoms with E-state index in [0.717, 1.165) is 6.04 Å². The third-order valence-electron chi connectivity index (χ3n) is 9.50.